The third kappa shape index (κ3) is 4.01. The largest absolute Gasteiger partial charge is 0.379 e. The summed E-state index contributed by atoms with van der Waals surface area (Å²) < 4.78 is 19.6. The first-order chi connectivity index (χ1) is 11.6. The van der Waals surface area contributed by atoms with Crippen LogP contribution in [0, 0.1) is 12.7 Å². The molecular weight excluding hydrogens is 327 g/mol. The lowest BCUT2D eigenvalue weighted by Gasteiger charge is -2.33. The predicted octanol–water partition coefficient (Wildman–Crippen LogP) is 2.89. The zero-order valence-electron chi connectivity index (χ0n) is 13.6. The zero-order valence-corrected chi connectivity index (χ0v) is 14.4. The number of amides is 1. The summed E-state index contributed by atoms with van der Waals surface area (Å²) in [4.78, 5) is 17.1. The van der Waals surface area contributed by atoms with Crippen LogP contribution in [0.2, 0.25) is 0 Å². The first-order valence-corrected chi connectivity index (χ1v) is 8.86. The highest BCUT2D eigenvalue weighted by Gasteiger charge is 2.30. The molecule has 1 N–H and O–H groups in total. The van der Waals surface area contributed by atoms with Gasteiger partial charge in [-0.3, -0.25) is 9.69 Å². The van der Waals surface area contributed by atoms with Crippen molar-refractivity contribution >= 4 is 17.2 Å². The number of carbonyl (C=O) groups excluding carboxylic acids is 1. The second kappa shape index (κ2) is 7.88. The number of halogens is 1. The minimum Gasteiger partial charge on any atom is -0.379 e. The Morgan fingerprint density at radius 2 is 2.04 bits per heavy atom. The molecule has 4 nitrogen and oxygen atoms in total. The molecule has 2 aromatic rings. The van der Waals surface area contributed by atoms with Crippen molar-refractivity contribution in [2.24, 2.45) is 0 Å². The van der Waals surface area contributed by atoms with Gasteiger partial charge in [0.1, 0.15) is 11.9 Å². The van der Waals surface area contributed by atoms with Gasteiger partial charge in [0.2, 0.25) is 5.91 Å². The van der Waals surface area contributed by atoms with Crippen LogP contribution in [0.5, 0.6) is 0 Å². The molecule has 0 aliphatic carbocycles. The van der Waals surface area contributed by atoms with Gasteiger partial charge < -0.3 is 10.1 Å². The molecule has 1 aromatic heterocycles. The quantitative estimate of drug-likeness (QED) is 0.903. The molecule has 6 heteroatoms. The van der Waals surface area contributed by atoms with Gasteiger partial charge in [-0.25, -0.2) is 4.39 Å². The highest BCUT2D eigenvalue weighted by atomic mass is 32.1. The van der Waals surface area contributed by atoms with Crippen LogP contribution in [-0.4, -0.2) is 37.1 Å². The van der Waals surface area contributed by atoms with Crippen molar-refractivity contribution < 1.29 is 13.9 Å². The minimum atomic E-state index is -0.629. The van der Waals surface area contributed by atoms with E-state index in [0.717, 1.165) is 4.88 Å². The number of morpholine rings is 1. The maximum atomic E-state index is 14.3. The first kappa shape index (κ1) is 17.1. The van der Waals surface area contributed by atoms with E-state index < -0.39 is 6.04 Å². The maximum absolute atomic E-state index is 14.3. The summed E-state index contributed by atoms with van der Waals surface area (Å²) in [6.45, 7) is 4.85. The predicted molar refractivity (Wildman–Crippen MR) is 92.4 cm³/mol. The fourth-order valence-electron chi connectivity index (χ4n) is 2.89. The Hall–Kier alpha value is -1.76. The SMILES string of the molecule is Cc1ccc(CNC(=O)[C@H](c2ccccc2F)N2CCOCC2)s1. The Kier molecular flexibility index (Phi) is 5.60. The molecule has 2 heterocycles. The molecule has 1 aliphatic rings. The maximum Gasteiger partial charge on any atom is 0.242 e. The fourth-order valence-corrected chi connectivity index (χ4v) is 3.72. The number of thiophene rings is 1. The minimum absolute atomic E-state index is 0.173. The van der Waals surface area contributed by atoms with Gasteiger partial charge in [-0.1, -0.05) is 18.2 Å². The van der Waals surface area contributed by atoms with Crippen LogP contribution in [-0.2, 0) is 16.1 Å². The Balaban J connectivity index is 1.78. The van der Waals surface area contributed by atoms with E-state index in [1.807, 2.05) is 24.0 Å². The first-order valence-electron chi connectivity index (χ1n) is 8.04. The van der Waals surface area contributed by atoms with E-state index in [1.54, 1.807) is 29.5 Å². The second-order valence-corrected chi connectivity index (χ2v) is 7.18. The van der Waals surface area contributed by atoms with E-state index in [1.165, 1.54) is 10.9 Å². The number of aryl methyl sites for hydroxylation is 1. The number of nitrogens with one attached hydrogen (secondary N) is 1. The Bertz CT molecular complexity index is 698. The van der Waals surface area contributed by atoms with E-state index in [4.69, 9.17) is 4.74 Å². The van der Waals surface area contributed by atoms with Gasteiger partial charge >= 0.3 is 0 Å². The van der Waals surface area contributed by atoms with Crippen LogP contribution in [0.1, 0.15) is 21.4 Å². The Morgan fingerprint density at radius 1 is 1.29 bits per heavy atom. The number of ether oxygens (including phenoxy) is 1. The average molecular weight is 348 g/mol. The van der Waals surface area contributed by atoms with Crippen LogP contribution >= 0.6 is 11.3 Å². The smallest absolute Gasteiger partial charge is 0.242 e. The summed E-state index contributed by atoms with van der Waals surface area (Å²) in [5.41, 5.74) is 0.416. The summed E-state index contributed by atoms with van der Waals surface area (Å²) in [5, 5.41) is 2.96. The van der Waals surface area contributed by atoms with Crippen LogP contribution in [0.4, 0.5) is 4.39 Å². The summed E-state index contributed by atoms with van der Waals surface area (Å²) in [6, 6.07) is 9.90. The Morgan fingerprint density at radius 3 is 2.71 bits per heavy atom. The van der Waals surface area contributed by atoms with E-state index in [2.05, 4.69) is 5.32 Å². The molecule has 1 fully saturated rings. The standard InChI is InChI=1S/C18H21FN2O2S/c1-13-6-7-14(24-13)12-20-18(22)17(21-8-10-23-11-9-21)15-4-2-3-5-16(15)19/h2-7,17H,8-12H2,1H3,(H,20,22)/t17-/m0/s1. The van der Waals surface area contributed by atoms with Gasteiger partial charge in [0.15, 0.2) is 0 Å². The summed E-state index contributed by atoms with van der Waals surface area (Å²) in [5.74, 6) is -0.524. The van der Waals surface area contributed by atoms with Gasteiger partial charge in [-0.2, -0.15) is 0 Å². The third-order valence-electron chi connectivity index (χ3n) is 4.09. The highest BCUT2D eigenvalue weighted by Crippen LogP contribution is 2.25. The third-order valence-corrected chi connectivity index (χ3v) is 5.09. The van der Waals surface area contributed by atoms with Crippen molar-refractivity contribution in [2.45, 2.75) is 19.5 Å². The number of benzene rings is 1. The molecule has 1 aromatic carbocycles. The van der Waals surface area contributed by atoms with Gasteiger partial charge in [0.05, 0.1) is 19.8 Å². The lowest BCUT2D eigenvalue weighted by molar-refractivity contribution is -0.128. The van der Waals surface area contributed by atoms with E-state index in [-0.39, 0.29) is 11.7 Å². The van der Waals surface area contributed by atoms with Crippen molar-refractivity contribution in [2.75, 3.05) is 26.3 Å². The topological polar surface area (TPSA) is 41.6 Å². The van der Waals surface area contributed by atoms with Crippen LogP contribution < -0.4 is 5.32 Å². The normalized spacial score (nSPS) is 16.8. The van der Waals surface area contributed by atoms with E-state index >= 15 is 0 Å². The number of hydrogen-bond donors (Lipinski definition) is 1. The number of hydrogen-bond acceptors (Lipinski definition) is 4. The van der Waals surface area contributed by atoms with Crippen molar-refractivity contribution in [3.05, 3.63) is 57.5 Å². The Labute approximate surface area is 145 Å². The zero-order chi connectivity index (χ0) is 16.9. The van der Waals surface area contributed by atoms with Gasteiger partial charge in [-0.05, 0) is 25.1 Å². The number of carbonyl (C=O) groups is 1. The molecule has 1 amide bonds. The van der Waals surface area contributed by atoms with Crippen molar-refractivity contribution in [3.63, 3.8) is 0 Å². The van der Waals surface area contributed by atoms with Crippen molar-refractivity contribution in [1.29, 1.82) is 0 Å². The van der Waals surface area contributed by atoms with Crippen molar-refractivity contribution in [3.8, 4) is 0 Å². The van der Waals surface area contributed by atoms with E-state index in [9.17, 15) is 9.18 Å². The molecule has 128 valence electrons. The lowest BCUT2D eigenvalue weighted by atomic mass is 10.0. The average Bonchev–Trinajstić information content (AvgIpc) is 3.01. The van der Waals surface area contributed by atoms with Crippen molar-refractivity contribution in [1.82, 2.24) is 10.2 Å². The van der Waals surface area contributed by atoms with Gasteiger partial charge in [0.25, 0.3) is 0 Å². The molecular formula is C18H21FN2O2S. The molecule has 24 heavy (non-hydrogen) atoms. The monoisotopic (exact) mass is 348 g/mol. The fraction of sp³-hybridized carbons (Fsp3) is 0.389. The van der Waals surface area contributed by atoms with Gasteiger partial charge in [0, 0.05) is 28.4 Å². The van der Waals surface area contributed by atoms with Crippen LogP contribution in [0.3, 0.4) is 0 Å². The molecule has 1 atom stereocenters. The lowest BCUT2D eigenvalue weighted by Crippen LogP contribution is -2.45. The number of nitrogens with zero attached hydrogens (tertiary/aromatic N) is 1. The molecule has 1 saturated heterocycles. The molecule has 0 radical (unpaired) electrons. The molecule has 0 saturated carbocycles. The molecule has 3 rings (SSSR count). The summed E-state index contributed by atoms with van der Waals surface area (Å²) in [6.07, 6.45) is 0. The van der Waals surface area contributed by atoms with E-state index in [0.29, 0.717) is 38.4 Å². The molecule has 0 bridgehead atoms. The van der Waals surface area contributed by atoms with Crippen LogP contribution in [0.25, 0.3) is 0 Å². The molecule has 0 spiro atoms. The molecule has 1 aliphatic heterocycles. The molecule has 0 unspecified atom stereocenters. The number of rotatable bonds is 5. The summed E-state index contributed by atoms with van der Waals surface area (Å²) >= 11 is 1.65. The van der Waals surface area contributed by atoms with Crippen LogP contribution in [0.15, 0.2) is 36.4 Å². The highest BCUT2D eigenvalue weighted by molar-refractivity contribution is 7.11. The second-order valence-electron chi connectivity index (χ2n) is 5.80. The van der Waals surface area contributed by atoms with Gasteiger partial charge in [-0.15, -0.1) is 11.3 Å². The summed E-state index contributed by atoms with van der Waals surface area (Å²) in [7, 11) is 0.